The highest BCUT2D eigenvalue weighted by Gasteiger charge is 2.53. The molecule has 1 aromatic carbocycles. The van der Waals surface area contributed by atoms with Crippen LogP contribution < -0.4 is 0 Å². The van der Waals surface area contributed by atoms with Crippen molar-refractivity contribution in [3.63, 3.8) is 0 Å². The predicted octanol–water partition coefficient (Wildman–Crippen LogP) is 5.67. The molecular formula is C17H17Cl2N. The fourth-order valence-electron chi connectivity index (χ4n) is 4.09. The molecule has 2 atom stereocenters. The zero-order chi connectivity index (χ0) is 14.1. The highest BCUT2D eigenvalue weighted by Crippen LogP contribution is 2.63. The summed E-state index contributed by atoms with van der Waals surface area (Å²) in [5.74, 6) is 1.49. The smallest absolute Gasteiger partial charge is 0.0426 e. The van der Waals surface area contributed by atoms with Crippen LogP contribution >= 0.6 is 23.2 Å². The van der Waals surface area contributed by atoms with E-state index >= 15 is 0 Å². The monoisotopic (exact) mass is 305 g/mol. The number of rotatable bonds is 1. The van der Waals surface area contributed by atoms with Crippen LogP contribution in [-0.4, -0.2) is 4.98 Å². The fourth-order valence-corrected chi connectivity index (χ4v) is 4.62. The van der Waals surface area contributed by atoms with Gasteiger partial charge >= 0.3 is 0 Å². The van der Waals surface area contributed by atoms with Gasteiger partial charge in [0.25, 0.3) is 0 Å². The molecule has 1 fully saturated rings. The summed E-state index contributed by atoms with van der Waals surface area (Å²) in [4.78, 5) is 3.48. The third kappa shape index (κ3) is 1.63. The highest BCUT2D eigenvalue weighted by atomic mass is 35.5. The first kappa shape index (κ1) is 12.8. The summed E-state index contributed by atoms with van der Waals surface area (Å²) < 4.78 is 0. The number of H-pyrrole nitrogens is 1. The lowest BCUT2D eigenvalue weighted by Crippen LogP contribution is -2.48. The maximum Gasteiger partial charge on any atom is 0.0426 e. The van der Waals surface area contributed by atoms with Crippen molar-refractivity contribution in [1.29, 1.82) is 0 Å². The summed E-state index contributed by atoms with van der Waals surface area (Å²) in [6.07, 6.45) is 4.62. The maximum atomic E-state index is 6.16. The lowest BCUT2D eigenvalue weighted by molar-refractivity contribution is 0.0182. The second-order valence-electron chi connectivity index (χ2n) is 6.76. The molecule has 104 valence electrons. The van der Waals surface area contributed by atoms with Crippen molar-refractivity contribution in [3.05, 3.63) is 45.7 Å². The van der Waals surface area contributed by atoms with Crippen LogP contribution in [0.15, 0.2) is 24.4 Å². The second-order valence-corrected chi connectivity index (χ2v) is 7.64. The molecule has 20 heavy (non-hydrogen) atoms. The lowest BCUT2D eigenvalue weighted by Gasteiger charge is -2.56. The van der Waals surface area contributed by atoms with E-state index in [0.717, 1.165) is 11.5 Å². The van der Waals surface area contributed by atoms with E-state index in [1.54, 1.807) is 6.07 Å². The molecule has 0 saturated heterocycles. The molecule has 0 amide bonds. The van der Waals surface area contributed by atoms with Gasteiger partial charge in [-0.3, -0.25) is 0 Å². The van der Waals surface area contributed by atoms with Gasteiger partial charge in [-0.05, 0) is 59.4 Å². The average Bonchev–Trinajstić information content (AvgIpc) is 2.80. The van der Waals surface area contributed by atoms with Crippen molar-refractivity contribution in [2.45, 2.75) is 32.6 Å². The summed E-state index contributed by atoms with van der Waals surface area (Å²) in [7, 11) is 0. The predicted molar refractivity (Wildman–Crippen MR) is 84.6 cm³/mol. The summed E-state index contributed by atoms with van der Waals surface area (Å²) in [5.41, 5.74) is 5.74. The molecule has 0 radical (unpaired) electrons. The molecule has 1 heterocycles. The Balaban J connectivity index is 1.88. The Morgan fingerprint density at radius 3 is 2.50 bits per heavy atom. The summed E-state index contributed by atoms with van der Waals surface area (Å²) >= 11 is 12.3. The summed E-state index contributed by atoms with van der Waals surface area (Å²) in [6.45, 7) is 4.80. The van der Waals surface area contributed by atoms with Crippen LogP contribution in [0.4, 0.5) is 0 Å². The molecule has 2 unspecified atom stereocenters. The van der Waals surface area contributed by atoms with Gasteiger partial charge in [-0.15, -0.1) is 0 Å². The van der Waals surface area contributed by atoms with Gasteiger partial charge in [-0.2, -0.15) is 0 Å². The van der Waals surface area contributed by atoms with Crippen molar-refractivity contribution < 1.29 is 0 Å². The Labute approximate surface area is 129 Å². The van der Waals surface area contributed by atoms with Gasteiger partial charge in [0, 0.05) is 27.5 Å². The average molecular weight is 306 g/mol. The molecule has 1 nitrogen and oxygen atoms in total. The highest BCUT2D eigenvalue weighted by molar-refractivity contribution is 6.35. The normalized spacial score (nSPS) is 26.0. The number of benzene rings is 1. The van der Waals surface area contributed by atoms with Gasteiger partial charge in [-0.1, -0.05) is 37.0 Å². The first-order valence-electron chi connectivity index (χ1n) is 7.13. The van der Waals surface area contributed by atoms with E-state index in [4.69, 9.17) is 23.2 Å². The van der Waals surface area contributed by atoms with E-state index in [1.807, 2.05) is 12.1 Å². The fraction of sp³-hybridized carbons (Fsp3) is 0.412. The largest absolute Gasteiger partial charge is 0.364 e. The van der Waals surface area contributed by atoms with Crippen LogP contribution in [0.3, 0.4) is 0 Å². The van der Waals surface area contributed by atoms with Gasteiger partial charge in [-0.25, -0.2) is 0 Å². The van der Waals surface area contributed by atoms with Gasteiger partial charge < -0.3 is 4.98 Å². The minimum Gasteiger partial charge on any atom is -0.364 e. The Hall–Kier alpha value is -0.920. The summed E-state index contributed by atoms with van der Waals surface area (Å²) in [6, 6.07) is 5.80. The number of hydrogen-bond acceptors (Lipinski definition) is 0. The zero-order valence-electron chi connectivity index (χ0n) is 11.6. The van der Waals surface area contributed by atoms with Crippen LogP contribution in [0.5, 0.6) is 0 Å². The number of nitrogens with one attached hydrogen (secondary N) is 1. The molecule has 2 aromatic rings. The van der Waals surface area contributed by atoms with Crippen molar-refractivity contribution in [1.82, 2.24) is 4.98 Å². The van der Waals surface area contributed by atoms with E-state index < -0.39 is 0 Å². The minimum atomic E-state index is 0.423. The minimum absolute atomic E-state index is 0.423. The Morgan fingerprint density at radius 2 is 1.85 bits per heavy atom. The molecule has 3 aliphatic rings. The van der Waals surface area contributed by atoms with E-state index in [0.29, 0.717) is 21.4 Å². The van der Waals surface area contributed by atoms with Crippen LogP contribution in [0, 0.1) is 11.3 Å². The molecule has 0 spiro atoms. The van der Waals surface area contributed by atoms with Crippen molar-refractivity contribution in [2.24, 2.45) is 11.3 Å². The van der Waals surface area contributed by atoms with Crippen LogP contribution in [-0.2, 0) is 6.42 Å². The molecule has 3 heteroatoms. The van der Waals surface area contributed by atoms with Gasteiger partial charge in [0.05, 0.1) is 0 Å². The van der Waals surface area contributed by atoms with Crippen molar-refractivity contribution in [3.8, 4) is 11.1 Å². The molecule has 1 aromatic heterocycles. The topological polar surface area (TPSA) is 15.8 Å². The number of halogens is 2. The van der Waals surface area contributed by atoms with Gasteiger partial charge in [0.15, 0.2) is 0 Å². The molecule has 3 aliphatic carbocycles. The summed E-state index contributed by atoms with van der Waals surface area (Å²) in [5, 5.41) is 1.40. The van der Waals surface area contributed by atoms with Crippen molar-refractivity contribution >= 4 is 23.2 Å². The Kier molecular flexibility index (Phi) is 2.59. The Bertz CT molecular complexity index is 679. The third-order valence-electron chi connectivity index (χ3n) is 5.45. The number of aromatic nitrogens is 1. The second kappa shape index (κ2) is 4.05. The van der Waals surface area contributed by atoms with Crippen LogP contribution in [0.1, 0.15) is 37.4 Å². The first-order valence-corrected chi connectivity index (χ1v) is 7.89. The molecule has 1 N–H and O–H groups in total. The molecule has 2 bridgehead atoms. The quantitative estimate of drug-likeness (QED) is 0.698. The van der Waals surface area contributed by atoms with E-state index in [9.17, 15) is 0 Å². The van der Waals surface area contributed by atoms with E-state index in [-0.39, 0.29) is 0 Å². The molecule has 1 saturated carbocycles. The third-order valence-corrected chi connectivity index (χ3v) is 5.89. The van der Waals surface area contributed by atoms with Gasteiger partial charge in [0.2, 0.25) is 0 Å². The first-order chi connectivity index (χ1) is 9.46. The SMILES string of the molecule is CC1(C)C2Cc3[nH]cc(-c4cc(Cl)cc(Cl)c4)c3C1C2. The molecule has 5 rings (SSSR count). The standard InChI is InChI=1S/C17H17Cl2N/c1-17(2)10-5-14(17)16-13(8-20-15(16)6-10)9-3-11(18)7-12(19)4-9/h3-4,7-8,10,14,20H,5-6H2,1-2H3. The number of aromatic amines is 1. The van der Waals surface area contributed by atoms with Crippen LogP contribution in [0.25, 0.3) is 11.1 Å². The lowest BCUT2D eigenvalue weighted by atomic mass is 9.48. The Morgan fingerprint density at radius 1 is 1.15 bits per heavy atom. The van der Waals surface area contributed by atoms with E-state index in [1.165, 1.54) is 29.7 Å². The van der Waals surface area contributed by atoms with E-state index in [2.05, 4.69) is 25.0 Å². The molecular weight excluding hydrogens is 289 g/mol. The molecule has 0 aliphatic heterocycles. The number of hydrogen-bond donors (Lipinski definition) is 1. The van der Waals surface area contributed by atoms with Crippen molar-refractivity contribution in [2.75, 3.05) is 0 Å². The van der Waals surface area contributed by atoms with Crippen LogP contribution in [0.2, 0.25) is 10.0 Å². The zero-order valence-corrected chi connectivity index (χ0v) is 13.1. The maximum absolute atomic E-state index is 6.16. The van der Waals surface area contributed by atoms with Gasteiger partial charge in [0.1, 0.15) is 0 Å².